The molecule has 108 valence electrons. The average Bonchev–Trinajstić information content (AvgIpc) is 2.43. The molecule has 0 saturated carbocycles. The number of nitrogens with one attached hydrogen (secondary N) is 2. The lowest BCUT2D eigenvalue weighted by atomic mass is 10.1. The van der Waals surface area contributed by atoms with Gasteiger partial charge in [0.1, 0.15) is 11.6 Å². The van der Waals surface area contributed by atoms with Crippen LogP contribution in [0.25, 0.3) is 0 Å². The van der Waals surface area contributed by atoms with Crippen LogP contribution in [0, 0.1) is 0 Å². The first-order valence-electron chi connectivity index (χ1n) is 7.62. The predicted octanol–water partition coefficient (Wildman–Crippen LogP) is 4.07. The van der Waals surface area contributed by atoms with E-state index in [2.05, 4.69) is 41.4 Å². The molecule has 0 fully saturated rings. The van der Waals surface area contributed by atoms with Crippen molar-refractivity contribution in [1.82, 2.24) is 9.97 Å². The summed E-state index contributed by atoms with van der Waals surface area (Å²) in [7, 11) is 0. The van der Waals surface area contributed by atoms with Crippen molar-refractivity contribution in [3.63, 3.8) is 0 Å². The third-order valence-corrected chi connectivity index (χ3v) is 3.09. The van der Waals surface area contributed by atoms with Gasteiger partial charge >= 0.3 is 0 Å². The average molecular weight is 264 g/mol. The van der Waals surface area contributed by atoms with Crippen molar-refractivity contribution in [1.29, 1.82) is 0 Å². The lowest BCUT2D eigenvalue weighted by molar-refractivity contribution is 0.562. The smallest absolute Gasteiger partial charge is 0.147 e. The molecule has 1 atom stereocenters. The van der Waals surface area contributed by atoms with Crippen molar-refractivity contribution >= 4 is 11.6 Å². The Kier molecular flexibility index (Phi) is 7.94. The van der Waals surface area contributed by atoms with Gasteiger partial charge in [0.15, 0.2) is 0 Å². The second-order valence-corrected chi connectivity index (χ2v) is 4.99. The maximum Gasteiger partial charge on any atom is 0.147 e. The fraction of sp³-hybridized carbons (Fsp3) is 0.733. The molecule has 0 aromatic carbocycles. The number of rotatable bonds is 10. The van der Waals surface area contributed by atoms with Crippen LogP contribution in [-0.4, -0.2) is 22.6 Å². The topological polar surface area (TPSA) is 49.8 Å². The summed E-state index contributed by atoms with van der Waals surface area (Å²) in [4.78, 5) is 8.80. The van der Waals surface area contributed by atoms with Gasteiger partial charge in [-0.1, -0.05) is 40.0 Å². The van der Waals surface area contributed by atoms with E-state index in [4.69, 9.17) is 0 Å². The highest BCUT2D eigenvalue weighted by Gasteiger charge is 2.08. The van der Waals surface area contributed by atoms with Crippen molar-refractivity contribution in [2.45, 2.75) is 65.3 Å². The largest absolute Gasteiger partial charge is 0.369 e. The van der Waals surface area contributed by atoms with Crippen LogP contribution in [0.1, 0.15) is 59.3 Å². The molecule has 0 aliphatic carbocycles. The first-order chi connectivity index (χ1) is 9.30. The summed E-state index contributed by atoms with van der Waals surface area (Å²) < 4.78 is 0. The van der Waals surface area contributed by atoms with E-state index in [0.717, 1.165) is 24.6 Å². The Bertz CT molecular complexity index is 341. The van der Waals surface area contributed by atoms with Gasteiger partial charge in [0.25, 0.3) is 0 Å². The van der Waals surface area contributed by atoms with Crippen LogP contribution in [0.2, 0.25) is 0 Å². The fourth-order valence-electron chi connectivity index (χ4n) is 2.07. The van der Waals surface area contributed by atoms with Gasteiger partial charge in [-0.05, 0) is 19.3 Å². The number of hydrogen-bond acceptors (Lipinski definition) is 4. The molecule has 4 nitrogen and oxygen atoms in total. The Labute approximate surface area is 117 Å². The van der Waals surface area contributed by atoms with Crippen molar-refractivity contribution < 1.29 is 0 Å². The molecule has 0 bridgehead atoms. The highest BCUT2D eigenvalue weighted by molar-refractivity contribution is 5.42. The van der Waals surface area contributed by atoms with Gasteiger partial charge in [-0.15, -0.1) is 0 Å². The minimum atomic E-state index is 0.515. The van der Waals surface area contributed by atoms with Crippen LogP contribution in [0.15, 0.2) is 12.4 Å². The molecule has 19 heavy (non-hydrogen) atoms. The summed E-state index contributed by atoms with van der Waals surface area (Å²) >= 11 is 0. The van der Waals surface area contributed by atoms with E-state index < -0.39 is 0 Å². The highest BCUT2D eigenvalue weighted by Crippen LogP contribution is 2.14. The van der Waals surface area contributed by atoms with Crippen LogP contribution in [0.4, 0.5) is 11.6 Å². The molecule has 4 heteroatoms. The molecule has 0 radical (unpaired) electrons. The lowest BCUT2D eigenvalue weighted by Crippen LogP contribution is -2.20. The molecule has 0 spiro atoms. The molecule has 1 unspecified atom stereocenters. The molecule has 0 amide bonds. The maximum absolute atomic E-state index is 4.56. The first-order valence-corrected chi connectivity index (χ1v) is 7.62. The normalized spacial score (nSPS) is 12.2. The molecule has 1 heterocycles. The Morgan fingerprint density at radius 3 is 2.47 bits per heavy atom. The lowest BCUT2D eigenvalue weighted by Gasteiger charge is -2.18. The summed E-state index contributed by atoms with van der Waals surface area (Å²) in [5.41, 5.74) is 0. The van der Waals surface area contributed by atoms with E-state index in [9.17, 15) is 0 Å². The van der Waals surface area contributed by atoms with Gasteiger partial charge in [0.2, 0.25) is 0 Å². The molecule has 1 aromatic heterocycles. The van der Waals surface area contributed by atoms with Crippen molar-refractivity contribution in [2.75, 3.05) is 17.2 Å². The molecule has 0 saturated heterocycles. The van der Waals surface area contributed by atoms with Crippen LogP contribution in [0.3, 0.4) is 0 Å². The predicted molar refractivity (Wildman–Crippen MR) is 82.7 cm³/mol. The highest BCUT2D eigenvalue weighted by atomic mass is 15.1. The quantitative estimate of drug-likeness (QED) is 0.669. The number of anilines is 2. The van der Waals surface area contributed by atoms with Gasteiger partial charge in [-0.2, -0.15) is 0 Å². The number of aromatic nitrogens is 2. The van der Waals surface area contributed by atoms with E-state index in [1.165, 1.54) is 32.1 Å². The van der Waals surface area contributed by atoms with Gasteiger partial charge in [-0.3, -0.25) is 4.98 Å². The molecular weight excluding hydrogens is 236 g/mol. The van der Waals surface area contributed by atoms with E-state index in [0.29, 0.717) is 6.04 Å². The Morgan fingerprint density at radius 2 is 1.79 bits per heavy atom. The van der Waals surface area contributed by atoms with E-state index >= 15 is 0 Å². The molecule has 0 aliphatic rings. The first kappa shape index (κ1) is 15.7. The Morgan fingerprint density at radius 1 is 1.00 bits per heavy atom. The van der Waals surface area contributed by atoms with Crippen LogP contribution < -0.4 is 10.6 Å². The van der Waals surface area contributed by atoms with Gasteiger partial charge in [0, 0.05) is 12.6 Å². The maximum atomic E-state index is 4.56. The monoisotopic (exact) mass is 264 g/mol. The van der Waals surface area contributed by atoms with E-state index in [1.54, 1.807) is 6.20 Å². The van der Waals surface area contributed by atoms with E-state index in [-0.39, 0.29) is 0 Å². The molecule has 1 rings (SSSR count). The SMILES string of the molecule is CCCCC(CCC)Nc1cncc(NCCC)n1. The second-order valence-electron chi connectivity index (χ2n) is 4.99. The summed E-state index contributed by atoms with van der Waals surface area (Å²) in [5.74, 6) is 1.74. The summed E-state index contributed by atoms with van der Waals surface area (Å²) in [6.07, 6.45) is 10.8. The third kappa shape index (κ3) is 6.41. The van der Waals surface area contributed by atoms with Crippen molar-refractivity contribution in [3.8, 4) is 0 Å². The van der Waals surface area contributed by atoms with Crippen molar-refractivity contribution in [3.05, 3.63) is 12.4 Å². The Hall–Kier alpha value is -1.32. The van der Waals surface area contributed by atoms with E-state index in [1.807, 2.05) is 6.20 Å². The molecule has 2 N–H and O–H groups in total. The zero-order valence-electron chi connectivity index (χ0n) is 12.6. The molecular formula is C15H28N4. The summed E-state index contributed by atoms with van der Waals surface area (Å²) in [6.45, 7) is 7.54. The van der Waals surface area contributed by atoms with Gasteiger partial charge in [0.05, 0.1) is 12.4 Å². The summed E-state index contributed by atoms with van der Waals surface area (Å²) in [5, 5.41) is 6.79. The zero-order valence-corrected chi connectivity index (χ0v) is 12.6. The molecule has 1 aromatic rings. The third-order valence-electron chi connectivity index (χ3n) is 3.09. The fourth-order valence-corrected chi connectivity index (χ4v) is 2.07. The van der Waals surface area contributed by atoms with Gasteiger partial charge < -0.3 is 10.6 Å². The number of hydrogen-bond donors (Lipinski definition) is 2. The number of unbranched alkanes of at least 4 members (excludes halogenated alkanes) is 1. The number of nitrogens with zero attached hydrogens (tertiary/aromatic N) is 2. The zero-order chi connectivity index (χ0) is 13.9. The van der Waals surface area contributed by atoms with Crippen LogP contribution >= 0.6 is 0 Å². The minimum absolute atomic E-state index is 0.515. The summed E-state index contributed by atoms with van der Waals surface area (Å²) in [6, 6.07) is 0.515. The minimum Gasteiger partial charge on any atom is -0.369 e. The molecule has 0 aliphatic heterocycles. The van der Waals surface area contributed by atoms with Gasteiger partial charge in [-0.25, -0.2) is 4.98 Å². The van der Waals surface area contributed by atoms with Crippen LogP contribution in [-0.2, 0) is 0 Å². The van der Waals surface area contributed by atoms with Crippen LogP contribution in [0.5, 0.6) is 0 Å². The van der Waals surface area contributed by atoms with Crippen molar-refractivity contribution in [2.24, 2.45) is 0 Å². The standard InChI is InChI=1S/C15H28N4/c1-4-7-9-13(8-5-2)18-15-12-16-11-14(19-15)17-10-6-3/h11-13H,4-10H2,1-3H3,(H2,17,18,19). The Balaban J connectivity index is 2.56. The second kappa shape index (κ2) is 9.59.